The highest BCUT2D eigenvalue weighted by Crippen LogP contribution is 2.28. The first kappa shape index (κ1) is 16.6. The van der Waals surface area contributed by atoms with Gasteiger partial charge in [0.25, 0.3) is 5.69 Å². The molecule has 1 aromatic carbocycles. The number of nitrogens with zero attached hydrogens (tertiary/aromatic N) is 2. The molecule has 118 valence electrons. The van der Waals surface area contributed by atoms with Crippen molar-refractivity contribution >= 4 is 46.6 Å². The zero-order valence-corrected chi connectivity index (χ0v) is 13.3. The van der Waals surface area contributed by atoms with E-state index < -0.39 is 11.0 Å². The average Bonchev–Trinajstić information content (AvgIpc) is 2.97. The Kier molecular flexibility index (Phi) is 5.25. The van der Waals surface area contributed by atoms with Gasteiger partial charge in [0.05, 0.1) is 10.8 Å². The monoisotopic (exact) mass is 343 g/mol. The van der Waals surface area contributed by atoms with Crippen molar-refractivity contribution in [1.82, 2.24) is 4.90 Å². The molecule has 1 atom stereocenters. The highest BCUT2D eigenvalue weighted by molar-refractivity contribution is 7.99. The second-order valence-corrected chi connectivity index (χ2v) is 6.05. The van der Waals surface area contributed by atoms with Gasteiger partial charge in [0, 0.05) is 23.9 Å². The van der Waals surface area contributed by atoms with Crippen LogP contribution in [-0.2, 0) is 9.59 Å². The van der Waals surface area contributed by atoms with Crippen molar-refractivity contribution in [2.75, 3.05) is 16.9 Å². The predicted octanol–water partition coefficient (Wildman–Crippen LogP) is 2.50. The highest BCUT2D eigenvalue weighted by Gasteiger charge is 2.34. The molecule has 1 heterocycles. The normalized spacial score (nSPS) is 17.4. The minimum absolute atomic E-state index is 0.00204. The van der Waals surface area contributed by atoms with Gasteiger partial charge < -0.3 is 10.2 Å². The summed E-state index contributed by atoms with van der Waals surface area (Å²) in [7, 11) is 0. The molecule has 0 radical (unpaired) electrons. The van der Waals surface area contributed by atoms with Crippen LogP contribution < -0.4 is 5.32 Å². The van der Waals surface area contributed by atoms with Gasteiger partial charge in [-0.3, -0.25) is 19.7 Å². The lowest BCUT2D eigenvalue weighted by atomic mass is 10.2. The van der Waals surface area contributed by atoms with Crippen LogP contribution in [0, 0.1) is 10.1 Å². The van der Waals surface area contributed by atoms with E-state index in [9.17, 15) is 19.7 Å². The number of carbonyl (C=O) groups excluding carboxylic acids is 2. The first-order chi connectivity index (χ1) is 10.4. The molecule has 1 saturated heterocycles. The topological polar surface area (TPSA) is 92.6 Å². The molecule has 7 nitrogen and oxygen atoms in total. The van der Waals surface area contributed by atoms with Crippen LogP contribution >= 0.6 is 23.4 Å². The number of rotatable bonds is 4. The van der Waals surface area contributed by atoms with E-state index in [1.807, 2.05) is 0 Å². The van der Waals surface area contributed by atoms with Crippen LogP contribution in [-0.4, -0.2) is 39.3 Å². The van der Waals surface area contributed by atoms with Gasteiger partial charge >= 0.3 is 0 Å². The van der Waals surface area contributed by atoms with Crippen LogP contribution in [0.5, 0.6) is 0 Å². The molecule has 0 unspecified atom stereocenters. The quantitative estimate of drug-likeness (QED) is 0.669. The number of hydrogen-bond acceptors (Lipinski definition) is 5. The summed E-state index contributed by atoms with van der Waals surface area (Å²) >= 11 is 7.23. The van der Waals surface area contributed by atoms with Crippen molar-refractivity contribution in [1.29, 1.82) is 0 Å². The van der Waals surface area contributed by atoms with Crippen molar-refractivity contribution < 1.29 is 14.5 Å². The summed E-state index contributed by atoms with van der Waals surface area (Å²) in [5, 5.41) is 13.5. The average molecular weight is 344 g/mol. The smallest absolute Gasteiger partial charge is 0.289 e. The third kappa shape index (κ3) is 3.50. The minimum Gasteiger partial charge on any atom is -0.324 e. The third-order valence-corrected chi connectivity index (χ3v) is 4.55. The van der Waals surface area contributed by atoms with Gasteiger partial charge in [0.1, 0.15) is 11.1 Å². The number of benzene rings is 1. The summed E-state index contributed by atoms with van der Waals surface area (Å²) in [5.74, 6) is 0.536. The number of amides is 2. The van der Waals surface area contributed by atoms with E-state index in [1.54, 1.807) is 6.92 Å². The SMILES string of the molecule is CCC(=O)N1CSC[C@H]1C(=O)Nc1ccc(Cl)c([N+](=O)[O-])c1. The Bertz CT molecular complexity index is 625. The second kappa shape index (κ2) is 6.97. The fourth-order valence-electron chi connectivity index (χ4n) is 2.06. The van der Waals surface area contributed by atoms with Gasteiger partial charge in [-0.1, -0.05) is 18.5 Å². The standard InChI is InChI=1S/C13H14ClN3O4S/c1-2-12(18)16-7-22-6-11(16)13(19)15-8-3-4-9(14)10(5-8)17(20)21/h3-5,11H,2,6-7H2,1H3,(H,15,19)/t11-/m0/s1. The van der Waals surface area contributed by atoms with E-state index >= 15 is 0 Å². The number of nitrogens with one attached hydrogen (secondary N) is 1. The molecular formula is C13H14ClN3O4S. The lowest BCUT2D eigenvalue weighted by Crippen LogP contribution is -2.44. The van der Waals surface area contributed by atoms with Crippen LogP contribution in [0.4, 0.5) is 11.4 Å². The number of hydrogen-bond donors (Lipinski definition) is 1. The molecule has 1 aromatic rings. The van der Waals surface area contributed by atoms with E-state index in [0.717, 1.165) is 0 Å². The minimum atomic E-state index is -0.615. The van der Waals surface area contributed by atoms with Crippen LogP contribution in [0.2, 0.25) is 5.02 Å². The fraction of sp³-hybridized carbons (Fsp3) is 0.385. The van der Waals surface area contributed by atoms with Gasteiger partial charge in [-0.15, -0.1) is 11.8 Å². The Labute approximate surface area is 136 Å². The largest absolute Gasteiger partial charge is 0.324 e. The fourth-order valence-corrected chi connectivity index (χ4v) is 3.43. The van der Waals surface area contributed by atoms with Crippen molar-refractivity contribution in [2.45, 2.75) is 19.4 Å². The highest BCUT2D eigenvalue weighted by atomic mass is 35.5. The molecule has 1 aliphatic rings. The van der Waals surface area contributed by atoms with Gasteiger partial charge in [-0.25, -0.2) is 0 Å². The number of nitro groups is 1. The van der Waals surface area contributed by atoms with Crippen molar-refractivity contribution in [3.8, 4) is 0 Å². The van der Waals surface area contributed by atoms with Gasteiger partial charge in [-0.2, -0.15) is 0 Å². The third-order valence-electron chi connectivity index (χ3n) is 3.22. The van der Waals surface area contributed by atoms with E-state index in [-0.39, 0.29) is 28.2 Å². The lowest BCUT2D eigenvalue weighted by Gasteiger charge is -2.22. The zero-order chi connectivity index (χ0) is 16.3. The van der Waals surface area contributed by atoms with Crippen molar-refractivity contribution in [2.24, 2.45) is 0 Å². The van der Waals surface area contributed by atoms with Crippen LogP contribution in [0.25, 0.3) is 0 Å². The summed E-state index contributed by atoms with van der Waals surface area (Å²) in [6, 6.07) is 3.48. The lowest BCUT2D eigenvalue weighted by molar-refractivity contribution is -0.384. The molecule has 1 aliphatic heterocycles. The maximum absolute atomic E-state index is 12.3. The Morgan fingerprint density at radius 3 is 2.91 bits per heavy atom. The summed E-state index contributed by atoms with van der Waals surface area (Å²) < 4.78 is 0. The molecule has 0 spiro atoms. The number of nitro benzene ring substituents is 1. The number of thioether (sulfide) groups is 1. The van der Waals surface area contributed by atoms with E-state index in [0.29, 0.717) is 18.1 Å². The Hall–Kier alpha value is -1.80. The molecule has 1 fully saturated rings. The molecule has 1 N–H and O–H groups in total. The van der Waals surface area contributed by atoms with Crippen molar-refractivity contribution in [3.63, 3.8) is 0 Å². The molecule has 0 bridgehead atoms. The van der Waals surface area contributed by atoms with Gasteiger partial charge in [-0.05, 0) is 12.1 Å². The Morgan fingerprint density at radius 2 is 2.27 bits per heavy atom. The second-order valence-electron chi connectivity index (χ2n) is 4.65. The summed E-state index contributed by atoms with van der Waals surface area (Å²) in [4.78, 5) is 35.8. The molecule has 22 heavy (non-hydrogen) atoms. The summed E-state index contributed by atoms with van der Waals surface area (Å²) in [6.07, 6.45) is 0.330. The Balaban J connectivity index is 2.13. The predicted molar refractivity (Wildman–Crippen MR) is 85.0 cm³/mol. The number of carbonyl (C=O) groups is 2. The summed E-state index contributed by atoms with van der Waals surface area (Å²) in [5.41, 5.74) is 0.00338. The summed E-state index contributed by atoms with van der Waals surface area (Å²) in [6.45, 7) is 1.74. The van der Waals surface area contributed by atoms with Gasteiger partial charge in [0.2, 0.25) is 11.8 Å². The molecule has 2 amide bonds. The molecular weight excluding hydrogens is 330 g/mol. The van der Waals surface area contributed by atoms with Crippen LogP contribution in [0.1, 0.15) is 13.3 Å². The molecule has 0 saturated carbocycles. The first-order valence-corrected chi connectivity index (χ1v) is 8.09. The molecule has 0 aromatic heterocycles. The molecule has 9 heteroatoms. The Morgan fingerprint density at radius 1 is 1.55 bits per heavy atom. The van der Waals surface area contributed by atoms with E-state index in [1.165, 1.54) is 34.9 Å². The van der Waals surface area contributed by atoms with Crippen LogP contribution in [0.3, 0.4) is 0 Å². The maximum Gasteiger partial charge on any atom is 0.289 e. The number of halogens is 1. The molecule has 2 rings (SSSR count). The van der Waals surface area contributed by atoms with E-state index in [4.69, 9.17) is 11.6 Å². The van der Waals surface area contributed by atoms with Crippen LogP contribution in [0.15, 0.2) is 18.2 Å². The van der Waals surface area contributed by atoms with E-state index in [2.05, 4.69) is 5.32 Å². The van der Waals surface area contributed by atoms with Crippen molar-refractivity contribution in [3.05, 3.63) is 33.3 Å². The van der Waals surface area contributed by atoms with Gasteiger partial charge in [0.15, 0.2) is 0 Å². The molecule has 0 aliphatic carbocycles. The number of anilines is 1. The first-order valence-electron chi connectivity index (χ1n) is 6.56. The maximum atomic E-state index is 12.3. The zero-order valence-electron chi connectivity index (χ0n) is 11.7.